The van der Waals surface area contributed by atoms with Gasteiger partial charge in [0.1, 0.15) is 10.7 Å². The molecule has 0 aliphatic heterocycles. The van der Waals surface area contributed by atoms with Crippen LogP contribution < -0.4 is 19.3 Å². The van der Waals surface area contributed by atoms with E-state index >= 15 is 0 Å². The molecule has 1 unspecified atom stereocenters. The summed E-state index contributed by atoms with van der Waals surface area (Å²) in [7, 11) is 3.07. The third-order valence-electron chi connectivity index (χ3n) is 5.78. The maximum absolute atomic E-state index is 12.1. The number of nitrogens with one attached hydrogen (secondary N) is 1. The molecule has 0 aliphatic rings. The van der Waals surface area contributed by atoms with Crippen LogP contribution in [0.4, 0.5) is 5.00 Å². The average molecular weight is 557 g/mol. The maximum atomic E-state index is 12.1. The van der Waals surface area contributed by atoms with Crippen LogP contribution >= 0.6 is 11.3 Å². The summed E-state index contributed by atoms with van der Waals surface area (Å²) in [5.74, 6) is 0.509. The zero-order valence-electron chi connectivity index (χ0n) is 20.6. The molecule has 0 radical (unpaired) electrons. The van der Waals surface area contributed by atoms with Crippen molar-refractivity contribution in [2.75, 3.05) is 18.5 Å². The van der Waals surface area contributed by atoms with E-state index in [1.807, 2.05) is 42.5 Å². The van der Waals surface area contributed by atoms with Crippen LogP contribution in [0.1, 0.15) is 23.7 Å². The molecule has 0 spiro atoms. The van der Waals surface area contributed by atoms with Crippen LogP contribution in [-0.2, 0) is 29.0 Å². The van der Waals surface area contributed by atoms with Crippen LogP contribution in [0.3, 0.4) is 0 Å². The zero-order valence-corrected chi connectivity index (χ0v) is 22.3. The van der Waals surface area contributed by atoms with Crippen molar-refractivity contribution >= 4 is 33.5 Å². The fourth-order valence-corrected chi connectivity index (χ4v) is 5.59. The van der Waals surface area contributed by atoms with Gasteiger partial charge in [-0.2, -0.15) is 0 Å². The van der Waals surface area contributed by atoms with Gasteiger partial charge in [0.2, 0.25) is 5.91 Å². The lowest BCUT2D eigenvalue weighted by Crippen LogP contribution is -2.25. The summed E-state index contributed by atoms with van der Waals surface area (Å²) in [4.78, 5) is 13.0. The Morgan fingerprint density at radius 1 is 1.16 bits per heavy atom. The Balaban J connectivity index is 1.55. The van der Waals surface area contributed by atoms with Crippen LogP contribution in [0.2, 0.25) is 0 Å². The summed E-state index contributed by atoms with van der Waals surface area (Å²) < 4.78 is 37.6. The Labute approximate surface area is 226 Å². The highest BCUT2D eigenvalue weighted by Crippen LogP contribution is 2.35. The minimum atomic E-state index is -2.55. The molecular formula is C25H26N5O6S2-. The number of methoxy groups -OCH3 is 2. The lowest BCUT2D eigenvalue weighted by atomic mass is 10.0. The largest absolute Gasteiger partial charge is 0.755 e. The van der Waals surface area contributed by atoms with Crippen molar-refractivity contribution in [3.8, 4) is 21.9 Å². The highest BCUT2D eigenvalue weighted by Gasteiger charge is 2.21. The summed E-state index contributed by atoms with van der Waals surface area (Å²) in [5.41, 5.74) is 3.87. The molecule has 2 N–H and O–H groups in total. The summed E-state index contributed by atoms with van der Waals surface area (Å²) in [6.07, 6.45) is 1.87. The fourth-order valence-electron chi connectivity index (χ4n) is 3.93. The van der Waals surface area contributed by atoms with Gasteiger partial charge >= 0.3 is 0 Å². The Bertz CT molecular complexity index is 1390. The molecule has 0 bridgehead atoms. The smallest absolute Gasteiger partial charge is 0.245 e. The van der Waals surface area contributed by atoms with Crippen LogP contribution in [-0.4, -0.2) is 49.1 Å². The number of carbonyl (C=O) groups excluding carboxylic acids is 1. The van der Waals surface area contributed by atoms with Crippen LogP contribution in [0.5, 0.6) is 11.5 Å². The van der Waals surface area contributed by atoms with Gasteiger partial charge in [-0.05, 0) is 41.8 Å². The number of anilines is 1. The lowest BCUT2D eigenvalue weighted by Gasteiger charge is -2.23. The summed E-state index contributed by atoms with van der Waals surface area (Å²) in [6, 6.07) is 18.2. The van der Waals surface area contributed by atoms with E-state index in [4.69, 9.17) is 14.7 Å². The van der Waals surface area contributed by atoms with Gasteiger partial charge in [0.15, 0.2) is 11.5 Å². The quantitative estimate of drug-likeness (QED) is 0.153. The molecule has 2 aromatic carbocycles. The van der Waals surface area contributed by atoms with Crippen molar-refractivity contribution in [1.82, 2.24) is 20.5 Å². The third kappa shape index (κ3) is 6.55. The molecule has 13 heteroatoms. The van der Waals surface area contributed by atoms with E-state index in [0.717, 1.165) is 16.0 Å². The van der Waals surface area contributed by atoms with Crippen LogP contribution in [0.15, 0.2) is 66.9 Å². The molecule has 2 atom stereocenters. The van der Waals surface area contributed by atoms with Gasteiger partial charge in [-0.1, -0.05) is 41.6 Å². The van der Waals surface area contributed by atoms with Gasteiger partial charge in [0.05, 0.1) is 39.4 Å². The molecule has 200 valence electrons. The molecule has 38 heavy (non-hydrogen) atoms. The predicted octanol–water partition coefficient (Wildman–Crippen LogP) is 3.50. The van der Waals surface area contributed by atoms with E-state index in [-0.39, 0.29) is 13.0 Å². The van der Waals surface area contributed by atoms with Gasteiger partial charge < -0.3 is 14.0 Å². The second-order valence-corrected chi connectivity index (χ2v) is 10.2. The van der Waals surface area contributed by atoms with Crippen molar-refractivity contribution < 1.29 is 28.2 Å². The minimum Gasteiger partial charge on any atom is -0.755 e. The maximum Gasteiger partial charge on any atom is 0.245 e. The number of hydrogen-bond acceptors (Lipinski definition) is 9. The van der Waals surface area contributed by atoms with Gasteiger partial charge in [0.25, 0.3) is 0 Å². The summed E-state index contributed by atoms with van der Waals surface area (Å²) in [5, 5.41) is 17.9. The standard InChI is InChI=1S/C25H27N5O6S2/c1-35-21-9-8-17(13-22(21)36-2)12-20(14-24(31)27-32)29-15-19(26-28-29)16-30(38(33)34)25-11-10-23(37-25)18-6-4-3-5-7-18/h3-11,13,15,20,32H,12,14,16H2,1-2H3,(H,27,31)(H,33,34)/p-1/t20-/m0/s1. The molecule has 2 heterocycles. The van der Waals surface area contributed by atoms with E-state index in [1.54, 1.807) is 37.0 Å². The number of carbonyl (C=O) groups is 1. The van der Waals surface area contributed by atoms with Gasteiger partial charge in [-0.15, -0.1) is 16.4 Å². The molecule has 0 fully saturated rings. The van der Waals surface area contributed by atoms with Crippen molar-refractivity contribution in [3.63, 3.8) is 0 Å². The minimum absolute atomic E-state index is 0.0415. The number of thiophene rings is 1. The topological polar surface area (TPSA) is 142 Å². The van der Waals surface area contributed by atoms with Crippen molar-refractivity contribution in [1.29, 1.82) is 0 Å². The first-order valence-corrected chi connectivity index (χ1v) is 13.3. The van der Waals surface area contributed by atoms with Gasteiger partial charge in [0, 0.05) is 16.1 Å². The number of nitrogens with zero attached hydrogens (tertiary/aromatic N) is 4. The van der Waals surface area contributed by atoms with E-state index in [0.29, 0.717) is 28.6 Å². The molecular weight excluding hydrogens is 530 g/mol. The van der Waals surface area contributed by atoms with E-state index in [2.05, 4.69) is 10.3 Å². The first-order chi connectivity index (χ1) is 18.4. The molecule has 2 aromatic heterocycles. The van der Waals surface area contributed by atoms with Crippen molar-refractivity contribution in [2.45, 2.75) is 25.4 Å². The highest BCUT2D eigenvalue weighted by atomic mass is 32.2. The second kappa shape index (κ2) is 12.6. The van der Waals surface area contributed by atoms with Crippen LogP contribution in [0.25, 0.3) is 10.4 Å². The Hall–Kier alpha value is -3.78. The molecule has 4 rings (SSSR count). The highest BCUT2D eigenvalue weighted by molar-refractivity contribution is 7.80. The SMILES string of the molecule is COc1ccc(C[C@@H](CC(=O)NO)n2cc(CN(c3ccc(-c4ccccc4)s3)S(=O)[O-])nn2)cc1OC. The molecule has 4 aromatic rings. The fraction of sp³-hybridized carbons (Fsp3) is 0.240. The molecule has 11 nitrogen and oxygen atoms in total. The normalized spacial score (nSPS) is 12.5. The summed E-state index contributed by atoms with van der Waals surface area (Å²) in [6.45, 7) is -0.0415. The molecule has 0 saturated heterocycles. The average Bonchev–Trinajstić information content (AvgIpc) is 3.61. The van der Waals surface area contributed by atoms with Gasteiger partial charge in [-0.3, -0.25) is 18.5 Å². The first kappa shape index (κ1) is 27.3. The van der Waals surface area contributed by atoms with Gasteiger partial charge in [-0.25, -0.2) is 10.2 Å². The number of aromatic nitrogens is 3. The van der Waals surface area contributed by atoms with Crippen molar-refractivity contribution in [2.24, 2.45) is 0 Å². The number of rotatable bonds is 12. The Kier molecular flexibility index (Phi) is 9.07. The summed E-state index contributed by atoms with van der Waals surface area (Å²) >= 11 is -1.21. The second-order valence-electron chi connectivity index (χ2n) is 8.23. The van der Waals surface area contributed by atoms with Crippen molar-refractivity contribution in [3.05, 3.63) is 78.1 Å². The third-order valence-corrected chi connectivity index (χ3v) is 7.74. The monoisotopic (exact) mass is 556 g/mol. The Morgan fingerprint density at radius 2 is 1.92 bits per heavy atom. The predicted molar refractivity (Wildman–Crippen MR) is 142 cm³/mol. The van der Waals surface area contributed by atoms with E-state index in [9.17, 15) is 13.6 Å². The van der Waals surface area contributed by atoms with E-state index < -0.39 is 23.2 Å². The number of hydroxylamine groups is 1. The number of benzene rings is 2. The van der Waals surface area contributed by atoms with E-state index in [1.165, 1.54) is 27.4 Å². The molecule has 0 saturated carbocycles. The first-order valence-electron chi connectivity index (χ1n) is 11.5. The van der Waals surface area contributed by atoms with Crippen LogP contribution in [0, 0.1) is 0 Å². The molecule has 0 aliphatic carbocycles. The number of ether oxygens (including phenoxy) is 2. The zero-order chi connectivity index (χ0) is 27.1. The number of amides is 1. The molecule has 1 amide bonds. The Morgan fingerprint density at radius 3 is 2.61 bits per heavy atom. The number of hydrogen-bond donors (Lipinski definition) is 2. The lowest BCUT2D eigenvalue weighted by molar-refractivity contribution is -0.130.